The molecule has 0 aliphatic rings. The highest BCUT2D eigenvalue weighted by Gasteiger charge is 2.20. The molecule has 1 unspecified atom stereocenters. The van der Waals surface area contributed by atoms with E-state index in [-0.39, 0.29) is 11.3 Å². The number of carbonyl (C=O) groups excluding carboxylic acids is 2. The van der Waals surface area contributed by atoms with E-state index >= 15 is 0 Å². The number of rotatable bonds is 4. The maximum Gasteiger partial charge on any atom is 0.338 e. The molecule has 0 spiro atoms. The third-order valence-electron chi connectivity index (χ3n) is 3.93. The normalized spacial score (nSPS) is 11.8. The number of hydrogen-bond acceptors (Lipinski definition) is 4. The van der Waals surface area contributed by atoms with Gasteiger partial charge in [-0.05, 0) is 36.6 Å². The predicted octanol–water partition coefficient (Wildman–Crippen LogP) is 4.26. The summed E-state index contributed by atoms with van der Waals surface area (Å²) in [6.45, 7) is 1.51. The lowest BCUT2D eigenvalue weighted by molar-refractivity contribution is -0.123. The molecule has 3 aromatic rings. The summed E-state index contributed by atoms with van der Waals surface area (Å²) >= 11 is 5.84. The molecule has 26 heavy (non-hydrogen) atoms. The largest absolute Gasteiger partial charge is 0.449 e. The quantitative estimate of drug-likeness (QED) is 0.532. The van der Waals surface area contributed by atoms with Crippen molar-refractivity contribution in [3.63, 3.8) is 0 Å². The zero-order valence-electron chi connectivity index (χ0n) is 14.0. The van der Waals surface area contributed by atoms with E-state index in [0.29, 0.717) is 10.7 Å². The minimum atomic E-state index is -0.974. The minimum absolute atomic E-state index is 0.233. The summed E-state index contributed by atoms with van der Waals surface area (Å²) in [6, 6.07) is 17.7. The van der Waals surface area contributed by atoms with E-state index in [1.807, 2.05) is 36.4 Å². The van der Waals surface area contributed by atoms with Crippen molar-refractivity contribution in [2.75, 3.05) is 11.1 Å². The summed E-state index contributed by atoms with van der Waals surface area (Å²) in [7, 11) is 0. The number of amides is 1. The number of esters is 1. The maximum atomic E-state index is 12.4. The molecule has 0 bridgehead atoms. The standard InChI is InChI=1S/C20H17ClN2O3/c1-12(26-20(25)14-9-10-16(21)17(22)11-14)19(24)23-18-8-4-6-13-5-2-3-7-15(13)18/h2-12H,22H2,1H3,(H,23,24). The first-order valence-electron chi connectivity index (χ1n) is 8.00. The molecule has 6 heteroatoms. The summed E-state index contributed by atoms with van der Waals surface area (Å²) in [6.07, 6.45) is -0.974. The SMILES string of the molecule is CC(OC(=O)c1ccc(Cl)c(N)c1)C(=O)Nc1cccc2ccccc12. The summed E-state index contributed by atoms with van der Waals surface area (Å²) in [5.74, 6) is -1.06. The van der Waals surface area contributed by atoms with Gasteiger partial charge in [0.15, 0.2) is 6.10 Å². The first-order valence-corrected chi connectivity index (χ1v) is 8.38. The van der Waals surface area contributed by atoms with Crippen LogP contribution in [0.2, 0.25) is 5.02 Å². The molecule has 1 amide bonds. The average Bonchev–Trinajstić information content (AvgIpc) is 2.64. The van der Waals surface area contributed by atoms with Gasteiger partial charge in [0.2, 0.25) is 0 Å². The lowest BCUT2D eigenvalue weighted by Gasteiger charge is -2.15. The topological polar surface area (TPSA) is 81.4 Å². The van der Waals surface area contributed by atoms with E-state index in [0.717, 1.165) is 10.8 Å². The first kappa shape index (κ1) is 17.8. The molecule has 0 saturated heterocycles. The van der Waals surface area contributed by atoms with Crippen molar-refractivity contribution in [3.8, 4) is 0 Å². The van der Waals surface area contributed by atoms with Crippen molar-refractivity contribution in [3.05, 3.63) is 71.2 Å². The number of carbonyl (C=O) groups is 2. The molecule has 0 fully saturated rings. The number of nitrogen functional groups attached to an aromatic ring is 1. The monoisotopic (exact) mass is 368 g/mol. The van der Waals surface area contributed by atoms with Crippen molar-refractivity contribution in [2.45, 2.75) is 13.0 Å². The molecular formula is C20H17ClN2O3. The van der Waals surface area contributed by atoms with Gasteiger partial charge in [0.1, 0.15) is 0 Å². The van der Waals surface area contributed by atoms with E-state index in [9.17, 15) is 9.59 Å². The second-order valence-electron chi connectivity index (χ2n) is 5.80. The van der Waals surface area contributed by atoms with Gasteiger partial charge >= 0.3 is 5.97 Å². The van der Waals surface area contributed by atoms with E-state index in [1.165, 1.54) is 25.1 Å². The van der Waals surface area contributed by atoms with E-state index in [2.05, 4.69) is 5.32 Å². The predicted molar refractivity (Wildman–Crippen MR) is 103 cm³/mol. The number of benzene rings is 3. The van der Waals surface area contributed by atoms with Crippen LogP contribution in [0, 0.1) is 0 Å². The van der Waals surface area contributed by atoms with Crippen LogP contribution in [0.25, 0.3) is 10.8 Å². The Balaban J connectivity index is 1.71. The van der Waals surface area contributed by atoms with Crippen LogP contribution < -0.4 is 11.1 Å². The van der Waals surface area contributed by atoms with Gasteiger partial charge < -0.3 is 15.8 Å². The minimum Gasteiger partial charge on any atom is -0.449 e. The van der Waals surface area contributed by atoms with Crippen LogP contribution in [0.15, 0.2) is 60.7 Å². The van der Waals surface area contributed by atoms with Crippen LogP contribution >= 0.6 is 11.6 Å². The van der Waals surface area contributed by atoms with Gasteiger partial charge in [-0.2, -0.15) is 0 Å². The van der Waals surface area contributed by atoms with E-state index < -0.39 is 18.0 Å². The van der Waals surface area contributed by atoms with Crippen LogP contribution in [0.1, 0.15) is 17.3 Å². The zero-order valence-corrected chi connectivity index (χ0v) is 14.8. The number of halogens is 1. The Bertz CT molecular complexity index is 982. The Morgan fingerprint density at radius 3 is 2.58 bits per heavy atom. The zero-order chi connectivity index (χ0) is 18.7. The van der Waals surface area contributed by atoms with Gasteiger partial charge in [0.05, 0.1) is 16.3 Å². The second-order valence-corrected chi connectivity index (χ2v) is 6.21. The van der Waals surface area contributed by atoms with Gasteiger partial charge in [-0.3, -0.25) is 4.79 Å². The molecule has 0 heterocycles. The number of anilines is 2. The summed E-state index contributed by atoms with van der Waals surface area (Å²) < 4.78 is 5.23. The average molecular weight is 369 g/mol. The summed E-state index contributed by atoms with van der Waals surface area (Å²) in [4.78, 5) is 24.6. The molecular weight excluding hydrogens is 352 g/mol. The molecule has 0 aliphatic carbocycles. The van der Waals surface area contributed by atoms with E-state index in [4.69, 9.17) is 22.1 Å². The van der Waals surface area contributed by atoms with Crippen molar-refractivity contribution in [1.29, 1.82) is 0 Å². The molecule has 1 atom stereocenters. The highest BCUT2D eigenvalue weighted by molar-refractivity contribution is 6.33. The van der Waals surface area contributed by atoms with Gasteiger partial charge in [-0.15, -0.1) is 0 Å². The molecule has 3 N–H and O–H groups in total. The van der Waals surface area contributed by atoms with Crippen LogP contribution in [0.4, 0.5) is 11.4 Å². The second kappa shape index (κ2) is 7.45. The van der Waals surface area contributed by atoms with Crippen molar-refractivity contribution >= 4 is 45.6 Å². The van der Waals surface area contributed by atoms with Crippen LogP contribution in [0.5, 0.6) is 0 Å². The van der Waals surface area contributed by atoms with Gasteiger partial charge in [0, 0.05) is 11.1 Å². The molecule has 3 rings (SSSR count). The fourth-order valence-corrected chi connectivity index (χ4v) is 2.64. The Labute approximate surface area is 155 Å². The van der Waals surface area contributed by atoms with Crippen LogP contribution in [0.3, 0.4) is 0 Å². The third-order valence-corrected chi connectivity index (χ3v) is 4.28. The van der Waals surface area contributed by atoms with Crippen molar-refractivity contribution in [1.82, 2.24) is 0 Å². The lowest BCUT2D eigenvalue weighted by atomic mass is 10.1. The number of hydrogen-bond donors (Lipinski definition) is 2. The maximum absolute atomic E-state index is 12.4. The number of nitrogens with one attached hydrogen (secondary N) is 1. The Morgan fingerprint density at radius 2 is 1.81 bits per heavy atom. The van der Waals surface area contributed by atoms with Crippen molar-refractivity contribution in [2.24, 2.45) is 0 Å². The molecule has 5 nitrogen and oxygen atoms in total. The molecule has 3 aromatic carbocycles. The fraction of sp³-hybridized carbons (Fsp3) is 0.100. The van der Waals surface area contributed by atoms with Gasteiger partial charge in [-0.1, -0.05) is 48.0 Å². The molecule has 0 saturated carbocycles. The van der Waals surface area contributed by atoms with Gasteiger partial charge in [-0.25, -0.2) is 4.79 Å². The highest BCUT2D eigenvalue weighted by Crippen LogP contribution is 2.23. The summed E-state index contributed by atoms with van der Waals surface area (Å²) in [5.41, 5.74) is 6.85. The Kier molecular flexibility index (Phi) is 5.09. The smallest absolute Gasteiger partial charge is 0.338 e. The van der Waals surface area contributed by atoms with Crippen LogP contribution in [-0.4, -0.2) is 18.0 Å². The van der Waals surface area contributed by atoms with Gasteiger partial charge in [0.25, 0.3) is 5.91 Å². The lowest BCUT2D eigenvalue weighted by Crippen LogP contribution is -2.30. The molecule has 0 aliphatic heterocycles. The Hall–Kier alpha value is -3.05. The summed E-state index contributed by atoms with van der Waals surface area (Å²) in [5, 5.41) is 5.07. The van der Waals surface area contributed by atoms with Crippen molar-refractivity contribution < 1.29 is 14.3 Å². The third kappa shape index (κ3) is 3.78. The van der Waals surface area contributed by atoms with Crippen LogP contribution in [-0.2, 0) is 9.53 Å². The Morgan fingerprint density at radius 1 is 1.08 bits per heavy atom. The number of nitrogens with two attached hydrogens (primary N) is 1. The number of fused-ring (bicyclic) bond motifs is 1. The number of ether oxygens (including phenoxy) is 1. The molecule has 0 aromatic heterocycles. The fourth-order valence-electron chi connectivity index (χ4n) is 2.52. The first-order chi connectivity index (χ1) is 12.5. The highest BCUT2D eigenvalue weighted by atomic mass is 35.5. The molecule has 132 valence electrons. The molecule has 0 radical (unpaired) electrons. The van der Waals surface area contributed by atoms with E-state index in [1.54, 1.807) is 6.07 Å².